The lowest BCUT2D eigenvalue weighted by Crippen LogP contribution is -2.39. The van der Waals surface area contributed by atoms with E-state index >= 15 is 0 Å². The zero-order valence-electron chi connectivity index (χ0n) is 25.2. The number of aromatic nitrogens is 2. The summed E-state index contributed by atoms with van der Waals surface area (Å²) in [5.41, 5.74) is 2.95. The molecule has 0 aliphatic heterocycles. The first-order valence-corrected chi connectivity index (χ1v) is 13.9. The summed E-state index contributed by atoms with van der Waals surface area (Å²) in [5, 5.41) is 5.93. The van der Waals surface area contributed by atoms with E-state index in [2.05, 4.69) is 20.6 Å². The number of amides is 2. The number of nitrogens with one attached hydrogen (secondary N) is 2. The van der Waals surface area contributed by atoms with E-state index in [-0.39, 0.29) is 30.3 Å². The van der Waals surface area contributed by atoms with Gasteiger partial charge in [0.1, 0.15) is 6.04 Å². The summed E-state index contributed by atoms with van der Waals surface area (Å²) in [5.74, 6) is 2.28. The maximum atomic E-state index is 12.6. The summed E-state index contributed by atoms with van der Waals surface area (Å²) in [4.78, 5) is 33.5. The molecule has 0 spiro atoms. The zero-order valence-corrected chi connectivity index (χ0v) is 25.2. The third-order valence-electron chi connectivity index (χ3n) is 6.73. The molecule has 41 heavy (non-hydrogen) atoms. The van der Waals surface area contributed by atoms with Gasteiger partial charge in [0.2, 0.25) is 23.6 Å². The van der Waals surface area contributed by atoms with Gasteiger partial charge < -0.3 is 19.5 Å². The van der Waals surface area contributed by atoms with Crippen LogP contribution in [-0.4, -0.2) is 21.8 Å². The molecule has 0 aliphatic carbocycles. The summed E-state index contributed by atoms with van der Waals surface area (Å²) in [6.45, 7) is 15.6. The number of rotatable bonds is 8. The summed E-state index contributed by atoms with van der Waals surface area (Å²) in [6.07, 6.45) is 3.38. The second-order valence-electron chi connectivity index (χ2n) is 12.7. The minimum atomic E-state index is -0.501. The van der Waals surface area contributed by atoms with Crippen LogP contribution < -0.4 is 10.6 Å². The Bertz CT molecular complexity index is 1480. The Morgan fingerprint density at radius 1 is 0.707 bits per heavy atom. The van der Waals surface area contributed by atoms with Crippen molar-refractivity contribution in [1.82, 2.24) is 20.6 Å². The topological polar surface area (TPSA) is 110 Å². The molecular formula is C33H40N4O4. The van der Waals surface area contributed by atoms with Crippen LogP contribution in [0.5, 0.6) is 0 Å². The van der Waals surface area contributed by atoms with E-state index in [9.17, 15) is 9.59 Å². The van der Waals surface area contributed by atoms with Gasteiger partial charge in [0.25, 0.3) is 0 Å². The average Bonchev–Trinajstić information content (AvgIpc) is 3.59. The molecule has 1 atom stereocenters. The van der Waals surface area contributed by atoms with Gasteiger partial charge >= 0.3 is 0 Å². The number of carbonyl (C=O) groups is 2. The van der Waals surface area contributed by atoms with Crippen molar-refractivity contribution < 1.29 is 18.4 Å². The lowest BCUT2D eigenvalue weighted by molar-refractivity contribution is -0.130. The van der Waals surface area contributed by atoms with E-state index in [1.807, 2.05) is 104 Å². The van der Waals surface area contributed by atoms with Crippen molar-refractivity contribution in [3.63, 3.8) is 0 Å². The van der Waals surface area contributed by atoms with Crippen LogP contribution in [0.1, 0.15) is 73.2 Å². The number of nitrogens with zero attached hydrogens (tertiary/aromatic N) is 2. The van der Waals surface area contributed by atoms with Crippen LogP contribution in [0.2, 0.25) is 0 Å². The number of hydrogen-bond acceptors (Lipinski definition) is 6. The third-order valence-corrected chi connectivity index (χ3v) is 6.73. The summed E-state index contributed by atoms with van der Waals surface area (Å²) < 4.78 is 11.9. The molecule has 4 aromatic rings. The van der Waals surface area contributed by atoms with Crippen molar-refractivity contribution in [2.75, 3.05) is 0 Å². The van der Waals surface area contributed by atoms with Crippen LogP contribution in [0.15, 0.2) is 69.8 Å². The molecule has 0 saturated carbocycles. The molecule has 1 unspecified atom stereocenters. The van der Waals surface area contributed by atoms with E-state index in [4.69, 9.17) is 8.83 Å². The molecule has 216 valence electrons. The van der Waals surface area contributed by atoms with E-state index < -0.39 is 10.8 Å². The molecule has 0 bridgehead atoms. The molecule has 2 amide bonds. The summed E-state index contributed by atoms with van der Waals surface area (Å²) >= 11 is 0. The highest BCUT2D eigenvalue weighted by molar-refractivity contribution is 5.82. The SMILES string of the molecule is CC(C)C(NC(=O)C(C)(C)C)c1ncc(-c2ccc(-c3ccc(-c4cnc(CNC(=O)C(C)(C)C)o4)cc3)cc2)o1. The van der Waals surface area contributed by atoms with Crippen molar-refractivity contribution in [2.45, 2.75) is 68.0 Å². The van der Waals surface area contributed by atoms with E-state index in [0.29, 0.717) is 23.3 Å². The van der Waals surface area contributed by atoms with Crippen molar-refractivity contribution in [1.29, 1.82) is 0 Å². The average molecular weight is 557 g/mol. The van der Waals surface area contributed by atoms with E-state index in [1.165, 1.54) is 0 Å². The molecular weight excluding hydrogens is 516 g/mol. The fourth-order valence-electron chi connectivity index (χ4n) is 4.04. The van der Waals surface area contributed by atoms with Crippen molar-refractivity contribution in [3.8, 4) is 33.8 Å². The molecule has 8 heteroatoms. The molecule has 0 saturated heterocycles. The minimum absolute atomic E-state index is 0.0420. The van der Waals surface area contributed by atoms with Crippen LogP contribution in [0.4, 0.5) is 0 Å². The number of carbonyl (C=O) groups excluding carboxylic acids is 2. The lowest BCUT2D eigenvalue weighted by Gasteiger charge is -2.24. The molecule has 0 fully saturated rings. The standard InChI is InChI=1S/C33H40N4O4/c1-20(2)28(37-31(39)33(6,7)8)29-35-18-26(41-29)24-15-11-22(12-16-24)21-9-13-23(14-10-21)25-17-34-27(40-25)19-36-30(38)32(3,4)5/h9-18,20,28H,19H2,1-8H3,(H,36,38)(H,37,39). The lowest BCUT2D eigenvalue weighted by atomic mass is 9.94. The maximum Gasteiger partial charge on any atom is 0.226 e. The van der Waals surface area contributed by atoms with Crippen LogP contribution >= 0.6 is 0 Å². The first-order valence-electron chi connectivity index (χ1n) is 13.9. The maximum absolute atomic E-state index is 12.6. The predicted molar refractivity (Wildman–Crippen MR) is 159 cm³/mol. The van der Waals surface area contributed by atoms with Crippen molar-refractivity contribution in [3.05, 3.63) is 72.7 Å². The summed E-state index contributed by atoms with van der Waals surface area (Å²) in [6, 6.07) is 15.8. The van der Waals surface area contributed by atoms with Gasteiger partial charge in [-0.05, 0) is 17.0 Å². The highest BCUT2D eigenvalue weighted by Gasteiger charge is 2.29. The van der Waals surface area contributed by atoms with Gasteiger partial charge in [0.15, 0.2) is 11.5 Å². The van der Waals surface area contributed by atoms with Gasteiger partial charge in [0, 0.05) is 22.0 Å². The van der Waals surface area contributed by atoms with Crippen LogP contribution in [0, 0.1) is 16.7 Å². The first kappa shape index (κ1) is 29.8. The number of oxazole rings is 2. The van der Waals surface area contributed by atoms with Crippen molar-refractivity contribution in [2.24, 2.45) is 16.7 Å². The zero-order chi connectivity index (χ0) is 29.9. The quantitative estimate of drug-likeness (QED) is 0.238. The largest absolute Gasteiger partial charge is 0.439 e. The Hall–Kier alpha value is -4.20. The highest BCUT2D eigenvalue weighted by Crippen LogP contribution is 2.31. The van der Waals surface area contributed by atoms with E-state index in [1.54, 1.807) is 12.4 Å². The third kappa shape index (κ3) is 7.31. The highest BCUT2D eigenvalue weighted by atomic mass is 16.4. The van der Waals surface area contributed by atoms with Crippen LogP contribution in [0.25, 0.3) is 33.8 Å². The molecule has 2 aromatic carbocycles. The Morgan fingerprint density at radius 3 is 1.66 bits per heavy atom. The Balaban J connectivity index is 1.43. The second-order valence-corrected chi connectivity index (χ2v) is 12.7. The Labute approximate surface area is 242 Å². The summed E-state index contributed by atoms with van der Waals surface area (Å²) in [7, 11) is 0. The monoisotopic (exact) mass is 556 g/mol. The fraction of sp³-hybridized carbons (Fsp3) is 0.394. The minimum Gasteiger partial charge on any atom is -0.439 e. The fourth-order valence-corrected chi connectivity index (χ4v) is 4.04. The van der Waals surface area contributed by atoms with Gasteiger partial charge in [-0.15, -0.1) is 0 Å². The molecule has 2 N–H and O–H groups in total. The second kappa shape index (κ2) is 11.7. The number of benzene rings is 2. The molecule has 4 rings (SSSR count). The normalized spacial score (nSPS) is 12.8. The van der Waals surface area contributed by atoms with Gasteiger partial charge in [0.05, 0.1) is 18.9 Å². The Morgan fingerprint density at radius 2 is 1.17 bits per heavy atom. The van der Waals surface area contributed by atoms with Crippen LogP contribution in [-0.2, 0) is 16.1 Å². The van der Waals surface area contributed by atoms with Gasteiger partial charge in [-0.25, -0.2) is 9.97 Å². The van der Waals surface area contributed by atoms with Crippen molar-refractivity contribution >= 4 is 11.8 Å². The van der Waals surface area contributed by atoms with Gasteiger partial charge in [-0.2, -0.15) is 0 Å². The molecule has 0 aliphatic rings. The smallest absolute Gasteiger partial charge is 0.226 e. The predicted octanol–water partition coefficient (Wildman–Crippen LogP) is 7.19. The van der Waals surface area contributed by atoms with Gasteiger partial charge in [-0.3, -0.25) is 9.59 Å². The molecule has 0 radical (unpaired) electrons. The van der Waals surface area contributed by atoms with E-state index in [0.717, 1.165) is 22.3 Å². The van der Waals surface area contributed by atoms with Crippen LogP contribution in [0.3, 0.4) is 0 Å². The molecule has 2 aromatic heterocycles. The molecule has 8 nitrogen and oxygen atoms in total. The van der Waals surface area contributed by atoms with Gasteiger partial charge in [-0.1, -0.05) is 104 Å². The number of hydrogen-bond donors (Lipinski definition) is 2. The first-order chi connectivity index (χ1) is 19.2. The molecule has 2 heterocycles. The Kier molecular flexibility index (Phi) is 8.52.